The summed E-state index contributed by atoms with van der Waals surface area (Å²) < 4.78 is 30.2. The second-order valence-electron chi connectivity index (χ2n) is 4.73. The lowest BCUT2D eigenvalue weighted by molar-refractivity contribution is -0.120. The fourth-order valence-electron chi connectivity index (χ4n) is 1.45. The summed E-state index contributed by atoms with van der Waals surface area (Å²) in [5.41, 5.74) is 0. The molecule has 0 spiro atoms. The van der Waals surface area contributed by atoms with Crippen LogP contribution in [0.1, 0.15) is 6.92 Å². The fourth-order valence-corrected chi connectivity index (χ4v) is 1.45. The first-order chi connectivity index (χ1) is 11.6. The molecule has 0 aromatic carbocycles. The second kappa shape index (κ2) is 16.6. The minimum absolute atomic E-state index is 0.0579. The molecule has 0 aromatic rings. The Morgan fingerprint density at radius 3 is 1.83 bits per heavy atom. The van der Waals surface area contributed by atoms with Crippen molar-refractivity contribution in [3.63, 3.8) is 0 Å². The lowest BCUT2D eigenvalue weighted by atomic mass is 10.2. The molecule has 0 saturated heterocycles. The summed E-state index contributed by atoms with van der Waals surface area (Å²) >= 11 is 0. The Bertz CT molecular complexity index is 327. The third-order valence-corrected chi connectivity index (χ3v) is 2.76. The summed E-state index contributed by atoms with van der Waals surface area (Å²) in [4.78, 5) is 23.1. The Morgan fingerprint density at radius 1 is 0.792 bits per heavy atom. The van der Waals surface area contributed by atoms with Crippen LogP contribution < -0.4 is 5.32 Å². The van der Waals surface area contributed by atoms with E-state index in [1.165, 1.54) is 6.92 Å². The smallest absolute Gasteiger partial charge is 0.407 e. The highest BCUT2D eigenvalue weighted by Crippen LogP contribution is 1.92. The van der Waals surface area contributed by atoms with Crippen LogP contribution in [-0.4, -0.2) is 91.6 Å². The lowest BCUT2D eigenvalue weighted by Gasteiger charge is -2.16. The van der Waals surface area contributed by atoms with Gasteiger partial charge in [-0.05, 0) is 6.92 Å². The topological polar surface area (TPSA) is 102 Å². The molecule has 9 heteroatoms. The van der Waals surface area contributed by atoms with Gasteiger partial charge in [0, 0.05) is 14.2 Å². The van der Waals surface area contributed by atoms with Crippen molar-refractivity contribution in [2.45, 2.75) is 13.0 Å². The molecule has 24 heavy (non-hydrogen) atoms. The van der Waals surface area contributed by atoms with Crippen molar-refractivity contribution in [2.75, 3.05) is 73.7 Å². The molecule has 0 unspecified atom stereocenters. The molecule has 142 valence electrons. The maximum atomic E-state index is 11.6. The van der Waals surface area contributed by atoms with Crippen molar-refractivity contribution in [1.82, 2.24) is 5.32 Å². The van der Waals surface area contributed by atoms with Crippen LogP contribution in [0.15, 0.2) is 0 Å². The van der Waals surface area contributed by atoms with Gasteiger partial charge in [0.2, 0.25) is 0 Å². The van der Waals surface area contributed by atoms with E-state index in [2.05, 4.69) is 5.32 Å². The summed E-state index contributed by atoms with van der Waals surface area (Å²) in [5.74, 6) is -0.219. The van der Waals surface area contributed by atoms with Gasteiger partial charge in [-0.1, -0.05) is 0 Å². The molecule has 0 fully saturated rings. The molecular formula is C15H29NO8. The Morgan fingerprint density at radius 2 is 1.29 bits per heavy atom. The Balaban J connectivity index is 3.74. The number of ether oxygens (including phenoxy) is 6. The van der Waals surface area contributed by atoms with Gasteiger partial charge in [-0.2, -0.15) is 0 Å². The number of nitrogens with one attached hydrogen (secondary N) is 1. The van der Waals surface area contributed by atoms with Gasteiger partial charge in [0.25, 0.3) is 0 Å². The van der Waals surface area contributed by atoms with Gasteiger partial charge in [0.05, 0.1) is 52.9 Å². The van der Waals surface area contributed by atoms with Gasteiger partial charge in [-0.15, -0.1) is 0 Å². The maximum absolute atomic E-state index is 11.6. The van der Waals surface area contributed by atoms with Crippen LogP contribution in [0.3, 0.4) is 0 Å². The number of carbonyl (C=O) groups is 2. The Kier molecular flexibility index (Phi) is 15.7. The quantitative estimate of drug-likeness (QED) is 0.388. The van der Waals surface area contributed by atoms with Crippen LogP contribution in [0, 0.1) is 0 Å². The first-order valence-corrected chi connectivity index (χ1v) is 7.76. The van der Waals surface area contributed by atoms with Crippen molar-refractivity contribution in [1.29, 1.82) is 0 Å². The molecule has 1 atom stereocenters. The van der Waals surface area contributed by atoms with Crippen LogP contribution in [0.2, 0.25) is 0 Å². The van der Waals surface area contributed by atoms with E-state index >= 15 is 0 Å². The fraction of sp³-hybridized carbons (Fsp3) is 0.867. The van der Waals surface area contributed by atoms with Crippen LogP contribution in [0.25, 0.3) is 0 Å². The highest BCUT2D eigenvalue weighted by molar-refractivity contribution is 5.85. The van der Waals surface area contributed by atoms with Gasteiger partial charge in [0.15, 0.2) is 5.78 Å². The standard InChI is InChI=1S/C15H29NO8/c1-13(17)14(12-23-9-8-21-6-4-19-2)16-15(18)24-11-10-22-7-5-20-3/h14H,4-12H2,1-3H3,(H,16,18)/t14-/m0/s1. The molecule has 1 N–H and O–H groups in total. The van der Waals surface area contributed by atoms with Crippen molar-refractivity contribution in [3.8, 4) is 0 Å². The summed E-state index contributed by atoms with van der Waals surface area (Å²) in [6, 6.07) is -0.758. The predicted molar refractivity (Wildman–Crippen MR) is 85.2 cm³/mol. The van der Waals surface area contributed by atoms with Crippen LogP contribution in [0.4, 0.5) is 4.79 Å². The van der Waals surface area contributed by atoms with E-state index < -0.39 is 12.1 Å². The first-order valence-electron chi connectivity index (χ1n) is 7.76. The van der Waals surface area contributed by atoms with Gasteiger partial charge < -0.3 is 33.7 Å². The van der Waals surface area contributed by atoms with E-state index in [1.54, 1.807) is 14.2 Å². The van der Waals surface area contributed by atoms with E-state index in [9.17, 15) is 9.59 Å². The molecule has 9 nitrogen and oxygen atoms in total. The van der Waals surface area contributed by atoms with Crippen molar-refractivity contribution in [3.05, 3.63) is 0 Å². The number of carbonyl (C=O) groups excluding carboxylic acids is 2. The van der Waals surface area contributed by atoms with E-state index in [0.29, 0.717) is 39.6 Å². The van der Waals surface area contributed by atoms with Crippen LogP contribution in [-0.2, 0) is 33.2 Å². The molecule has 1 amide bonds. The third-order valence-electron chi connectivity index (χ3n) is 2.76. The zero-order valence-electron chi connectivity index (χ0n) is 14.7. The van der Waals surface area contributed by atoms with E-state index in [4.69, 9.17) is 28.4 Å². The second-order valence-corrected chi connectivity index (χ2v) is 4.73. The molecule has 0 rings (SSSR count). The zero-order chi connectivity index (χ0) is 18.0. The average molecular weight is 351 g/mol. The van der Waals surface area contributed by atoms with Gasteiger partial charge >= 0.3 is 6.09 Å². The monoisotopic (exact) mass is 351 g/mol. The van der Waals surface area contributed by atoms with Gasteiger partial charge in [-0.3, -0.25) is 4.79 Å². The van der Waals surface area contributed by atoms with Gasteiger partial charge in [0.1, 0.15) is 12.6 Å². The summed E-state index contributed by atoms with van der Waals surface area (Å²) in [7, 11) is 3.16. The molecule has 0 aliphatic rings. The van der Waals surface area contributed by atoms with Crippen LogP contribution in [0.5, 0.6) is 0 Å². The minimum atomic E-state index is -0.758. The molecule has 0 aromatic heterocycles. The third kappa shape index (κ3) is 14.3. The molecule has 0 bridgehead atoms. The number of ketones is 1. The minimum Gasteiger partial charge on any atom is -0.447 e. The Hall–Kier alpha value is -1.26. The molecule has 0 aliphatic heterocycles. The van der Waals surface area contributed by atoms with Crippen molar-refractivity contribution in [2.24, 2.45) is 0 Å². The Labute approximate surface area is 142 Å². The maximum Gasteiger partial charge on any atom is 0.407 e. The number of hydrogen-bond donors (Lipinski definition) is 1. The molecular weight excluding hydrogens is 322 g/mol. The SMILES string of the molecule is COCCOCCOC[C@H](NC(=O)OCCOCCOC)C(C)=O. The van der Waals surface area contributed by atoms with Crippen molar-refractivity contribution >= 4 is 11.9 Å². The number of hydrogen-bond acceptors (Lipinski definition) is 8. The highest BCUT2D eigenvalue weighted by Gasteiger charge is 2.18. The van der Waals surface area contributed by atoms with Crippen LogP contribution >= 0.6 is 0 Å². The molecule has 0 saturated carbocycles. The largest absolute Gasteiger partial charge is 0.447 e. The number of methoxy groups -OCH3 is 2. The van der Waals surface area contributed by atoms with Gasteiger partial charge in [-0.25, -0.2) is 4.79 Å². The zero-order valence-corrected chi connectivity index (χ0v) is 14.7. The summed E-state index contributed by atoms with van der Waals surface area (Å²) in [5, 5.41) is 2.45. The predicted octanol–water partition coefficient (Wildman–Crippen LogP) is 0.0128. The molecule has 0 radical (unpaired) electrons. The first kappa shape index (κ1) is 22.7. The molecule has 0 heterocycles. The lowest BCUT2D eigenvalue weighted by Crippen LogP contribution is -2.43. The highest BCUT2D eigenvalue weighted by atomic mass is 16.6. The number of alkyl carbamates (subject to hydrolysis) is 1. The van der Waals surface area contributed by atoms with E-state index in [0.717, 1.165) is 0 Å². The van der Waals surface area contributed by atoms with Crippen molar-refractivity contribution < 1.29 is 38.0 Å². The summed E-state index contributed by atoms with van der Waals surface area (Å²) in [6.45, 7) is 4.38. The normalized spacial score (nSPS) is 12.0. The number of rotatable bonds is 16. The van der Waals surface area contributed by atoms with E-state index in [1.807, 2.05) is 0 Å². The van der Waals surface area contributed by atoms with E-state index in [-0.39, 0.29) is 25.6 Å². The number of amides is 1. The molecule has 0 aliphatic carbocycles. The average Bonchev–Trinajstić information content (AvgIpc) is 2.56. The summed E-state index contributed by atoms with van der Waals surface area (Å²) in [6.07, 6.45) is -0.689. The number of Topliss-reactive ketones (excluding diaryl/α,β-unsaturated/α-hetero) is 1.